The first-order valence-corrected chi connectivity index (χ1v) is 7.35. The van der Waals surface area contributed by atoms with Crippen molar-refractivity contribution in [3.8, 4) is 10.6 Å². The highest BCUT2D eigenvalue weighted by Gasteiger charge is 2.15. The third-order valence-corrected chi connectivity index (χ3v) is 4.04. The van der Waals surface area contributed by atoms with Gasteiger partial charge in [0.2, 0.25) is 0 Å². The minimum absolute atomic E-state index is 0.00867. The molecule has 0 saturated heterocycles. The summed E-state index contributed by atoms with van der Waals surface area (Å²) in [6.45, 7) is 4.72. The lowest BCUT2D eigenvalue weighted by atomic mass is 10.2. The standard InChI is InChI=1S/C15H18N2OS/c1-3-4-10-16-14(18)13-11(2)17-15(19-13)12-8-6-5-7-9-12/h5-9H,3-4,10H2,1-2H3,(H,16,18). The van der Waals surface area contributed by atoms with Crippen molar-refractivity contribution in [2.75, 3.05) is 6.54 Å². The molecule has 1 N–H and O–H groups in total. The second-order valence-corrected chi connectivity index (χ2v) is 5.41. The van der Waals surface area contributed by atoms with Gasteiger partial charge in [-0.3, -0.25) is 4.79 Å². The fraction of sp³-hybridized carbons (Fsp3) is 0.333. The van der Waals surface area contributed by atoms with Crippen LogP contribution >= 0.6 is 11.3 Å². The molecule has 0 aliphatic heterocycles. The maximum Gasteiger partial charge on any atom is 0.263 e. The van der Waals surface area contributed by atoms with Gasteiger partial charge in [-0.05, 0) is 13.3 Å². The first kappa shape index (κ1) is 13.7. The zero-order chi connectivity index (χ0) is 13.7. The molecule has 0 radical (unpaired) electrons. The molecule has 0 spiro atoms. The van der Waals surface area contributed by atoms with Crippen LogP contribution in [0.5, 0.6) is 0 Å². The summed E-state index contributed by atoms with van der Waals surface area (Å²) in [5.41, 5.74) is 1.86. The molecular weight excluding hydrogens is 256 g/mol. The van der Waals surface area contributed by atoms with Gasteiger partial charge >= 0.3 is 0 Å². The maximum atomic E-state index is 12.0. The van der Waals surface area contributed by atoms with E-state index in [4.69, 9.17) is 0 Å². The number of aryl methyl sites for hydroxylation is 1. The van der Waals surface area contributed by atoms with Gasteiger partial charge < -0.3 is 5.32 Å². The van der Waals surface area contributed by atoms with Gasteiger partial charge in [-0.1, -0.05) is 43.7 Å². The molecule has 1 amide bonds. The highest BCUT2D eigenvalue weighted by molar-refractivity contribution is 7.17. The van der Waals surface area contributed by atoms with Gasteiger partial charge in [0.1, 0.15) is 9.88 Å². The minimum atomic E-state index is -0.00867. The van der Waals surface area contributed by atoms with E-state index in [-0.39, 0.29) is 5.91 Å². The second-order valence-electron chi connectivity index (χ2n) is 4.41. The summed E-state index contributed by atoms with van der Waals surface area (Å²) >= 11 is 1.46. The van der Waals surface area contributed by atoms with Crippen LogP contribution in [0.25, 0.3) is 10.6 Å². The molecule has 3 nitrogen and oxygen atoms in total. The van der Waals surface area contributed by atoms with Crippen molar-refractivity contribution < 1.29 is 4.79 Å². The lowest BCUT2D eigenvalue weighted by Gasteiger charge is -2.01. The van der Waals surface area contributed by atoms with Gasteiger partial charge in [0, 0.05) is 12.1 Å². The Bertz CT molecular complexity index is 549. The van der Waals surface area contributed by atoms with Crippen molar-refractivity contribution in [3.05, 3.63) is 40.9 Å². The number of rotatable bonds is 5. The Balaban J connectivity index is 2.15. The summed E-state index contributed by atoms with van der Waals surface area (Å²) < 4.78 is 0. The number of hydrogen-bond acceptors (Lipinski definition) is 3. The molecule has 0 saturated carbocycles. The summed E-state index contributed by atoms with van der Waals surface area (Å²) in [7, 11) is 0. The number of amides is 1. The highest BCUT2D eigenvalue weighted by Crippen LogP contribution is 2.27. The van der Waals surface area contributed by atoms with E-state index >= 15 is 0 Å². The molecule has 0 aliphatic rings. The van der Waals surface area contributed by atoms with Crippen molar-refractivity contribution in [3.63, 3.8) is 0 Å². The van der Waals surface area contributed by atoms with Gasteiger partial charge in [0.05, 0.1) is 5.69 Å². The lowest BCUT2D eigenvalue weighted by Crippen LogP contribution is -2.24. The number of unbranched alkanes of at least 4 members (excludes halogenated alkanes) is 1. The number of nitrogens with one attached hydrogen (secondary N) is 1. The van der Waals surface area contributed by atoms with Crippen molar-refractivity contribution in [2.45, 2.75) is 26.7 Å². The van der Waals surface area contributed by atoms with Gasteiger partial charge in [0.25, 0.3) is 5.91 Å². The number of thiazole rings is 1. The number of nitrogens with zero attached hydrogens (tertiary/aromatic N) is 1. The number of carbonyl (C=O) groups is 1. The molecule has 1 aromatic heterocycles. The Morgan fingerprint density at radius 3 is 2.74 bits per heavy atom. The average Bonchev–Trinajstić information content (AvgIpc) is 2.82. The molecule has 4 heteroatoms. The Labute approximate surface area is 117 Å². The summed E-state index contributed by atoms with van der Waals surface area (Å²) in [6.07, 6.45) is 2.09. The fourth-order valence-corrected chi connectivity index (χ4v) is 2.76. The average molecular weight is 274 g/mol. The van der Waals surface area contributed by atoms with Crippen LogP contribution in [0, 0.1) is 6.92 Å². The van der Waals surface area contributed by atoms with Crippen LogP contribution in [-0.4, -0.2) is 17.4 Å². The second kappa shape index (κ2) is 6.48. The van der Waals surface area contributed by atoms with Crippen LogP contribution in [-0.2, 0) is 0 Å². The van der Waals surface area contributed by atoms with E-state index in [1.807, 2.05) is 37.3 Å². The molecule has 2 rings (SSSR count). The summed E-state index contributed by atoms with van der Waals surface area (Å²) in [5.74, 6) is -0.00867. The monoisotopic (exact) mass is 274 g/mol. The van der Waals surface area contributed by atoms with Gasteiger partial charge in [0.15, 0.2) is 0 Å². The van der Waals surface area contributed by atoms with Crippen LogP contribution in [0.1, 0.15) is 35.1 Å². The quantitative estimate of drug-likeness (QED) is 0.846. The number of benzene rings is 1. The molecule has 19 heavy (non-hydrogen) atoms. The number of hydrogen-bond donors (Lipinski definition) is 1. The van der Waals surface area contributed by atoms with Crippen LogP contribution < -0.4 is 5.32 Å². The molecular formula is C15H18N2OS. The summed E-state index contributed by atoms with van der Waals surface area (Å²) in [6, 6.07) is 9.95. The Kier molecular flexibility index (Phi) is 4.68. The zero-order valence-electron chi connectivity index (χ0n) is 11.3. The smallest absolute Gasteiger partial charge is 0.263 e. The van der Waals surface area contributed by atoms with E-state index < -0.39 is 0 Å². The van der Waals surface area contributed by atoms with Gasteiger partial charge in [-0.25, -0.2) is 4.98 Å². The van der Waals surface area contributed by atoms with Crippen LogP contribution in [0.3, 0.4) is 0 Å². The molecule has 0 fully saturated rings. The molecule has 1 aromatic carbocycles. The Morgan fingerprint density at radius 2 is 2.05 bits per heavy atom. The highest BCUT2D eigenvalue weighted by atomic mass is 32.1. The first-order valence-electron chi connectivity index (χ1n) is 6.53. The van der Waals surface area contributed by atoms with Crippen LogP contribution in [0.15, 0.2) is 30.3 Å². The van der Waals surface area contributed by atoms with Crippen molar-refractivity contribution in [1.29, 1.82) is 0 Å². The van der Waals surface area contributed by atoms with Crippen molar-refractivity contribution in [1.82, 2.24) is 10.3 Å². The first-order chi connectivity index (χ1) is 9.22. The van der Waals surface area contributed by atoms with Crippen LogP contribution in [0.4, 0.5) is 0 Å². The largest absolute Gasteiger partial charge is 0.351 e. The van der Waals surface area contributed by atoms with Gasteiger partial charge in [-0.2, -0.15) is 0 Å². The molecule has 2 aromatic rings. The third-order valence-electron chi connectivity index (χ3n) is 2.84. The van der Waals surface area contributed by atoms with E-state index in [1.165, 1.54) is 11.3 Å². The molecule has 0 unspecified atom stereocenters. The molecule has 0 bridgehead atoms. The van der Waals surface area contributed by atoms with E-state index in [0.717, 1.165) is 40.5 Å². The normalized spacial score (nSPS) is 10.4. The van der Waals surface area contributed by atoms with Crippen molar-refractivity contribution >= 4 is 17.2 Å². The lowest BCUT2D eigenvalue weighted by molar-refractivity contribution is 0.0956. The molecule has 1 heterocycles. The molecule has 0 atom stereocenters. The molecule has 0 aliphatic carbocycles. The summed E-state index contributed by atoms with van der Waals surface area (Å²) in [5, 5.41) is 3.84. The van der Waals surface area contributed by atoms with Crippen molar-refractivity contribution in [2.24, 2.45) is 0 Å². The van der Waals surface area contributed by atoms with E-state index in [9.17, 15) is 4.79 Å². The zero-order valence-corrected chi connectivity index (χ0v) is 12.1. The summed E-state index contributed by atoms with van der Waals surface area (Å²) in [4.78, 5) is 17.2. The number of carbonyl (C=O) groups excluding carboxylic acids is 1. The Morgan fingerprint density at radius 1 is 1.32 bits per heavy atom. The minimum Gasteiger partial charge on any atom is -0.351 e. The predicted molar refractivity (Wildman–Crippen MR) is 79.5 cm³/mol. The maximum absolute atomic E-state index is 12.0. The fourth-order valence-electron chi connectivity index (χ4n) is 1.77. The SMILES string of the molecule is CCCCNC(=O)c1sc(-c2ccccc2)nc1C. The van der Waals surface area contributed by atoms with E-state index in [1.54, 1.807) is 0 Å². The Hall–Kier alpha value is -1.68. The van der Waals surface area contributed by atoms with E-state index in [0.29, 0.717) is 0 Å². The number of aromatic nitrogens is 1. The van der Waals surface area contributed by atoms with Gasteiger partial charge in [-0.15, -0.1) is 11.3 Å². The van der Waals surface area contributed by atoms with Crippen LogP contribution in [0.2, 0.25) is 0 Å². The molecule has 100 valence electrons. The van der Waals surface area contributed by atoms with E-state index in [2.05, 4.69) is 17.2 Å². The topological polar surface area (TPSA) is 42.0 Å². The third kappa shape index (κ3) is 3.41. The predicted octanol–water partition coefficient (Wildman–Crippen LogP) is 3.65.